The van der Waals surface area contributed by atoms with Gasteiger partial charge in [0.15, 0.2) is 0 Å². The molecule has 0 aromatic heterocycles. The summed E-state index contributed by atoms with van der Waals surface area (Å²) in [6.07, 6.45) is 0.622. The van der Waals surface area contributed by atoms with Crippen LogP contribution >= 0.6 is 0 Å². The Balaban J connectivity index is 3.89. The van der Waals surface area contributed by atoms with E-state index >= 15 is 0 Å². The normalized spacial score (nSPS) is 18.6. The molecule has 62 valence electrons. The van der Waals surface area contributed by atoms with Crippen LogP contribution in [0.1, 0.15) is 34.1 Å². The average molecular weight is 146 g/mol. The van der Waals surface area contributed by atoms with Gasteiger partial charge in [-0.25, -0.2) is 0 Å². The fourth-order valence-corrected chi connectivity index (χ4v) is 1.20. The first-order valence-electron chi connectivity index (χ1n) is 3.60. The van der Waals surface area contributed by atoms with Crippen molar-refractivity contribution in [3.8, 4) is 0 Å². The zero-order valence-corrected chi connectivity index (χ0v) is 7.31. The Morgan fingerprint density at radius 2 is 1.50 bits per heavy atom. The summed E-state index contributed by atoms with van der Waals surface area (Å²) < 4.78 is 0. The van der Waals surface area contributed by atoms with Gasteiger partial charge < -0.3 is 10.2 Å². The minimum absolute atomic E-state index is 0.0756. The van der Waals surface area contributed by atoms with E-state index in [4.69, 9.17) is 5.11 Å². The highest BCUT2D eigenvalue weighted by Gasteiger charge is 2.26. The van der Waals surface area contributed by atoms with Crippen LogP contribution in [-0.2, 0) is 0 Å². The summed E-state index contributed by atoms with van der Waals surface area (Å²) in [4.78, 5) is 0. The van der Waals surface area contributed by atoms with Crippen molar-refractivity contribution in [3.63, 3.8) is 0 Å². The second kappa shape index (κ2) is 2.89. The molecule has 2 nitrogen and oxygen atoms in total. The smallest absolute Gasteiger partial charge is 0.0854 e. The fraction of sp³-hybridized carbons (Fsp3) is 1.00. The van der Waals surface area contributed by atoms with Crippen molar-refractivity contribution in [1.82, 2.24) is 0 Å². The van der Waals surface area contributed by atoms with Crippen LogP contribution in [0.5, 0.6) is 0 Å². The third kappa shape index (κ3) is 4.77. The first-order valence-corrected chi connectivity index (χ1v) is 3.60. The third-order valence-electron chi connectivity index (χ3n) is 1.25. The van der Waals surface area contributed by atoms with Gasteiger partial charge in [0, 0.05) is 0 Å². The maximum atomic E-state index is 9.41. The zero-order chi connectivity index (χ0) is 8.41. The minimum atomic E-state index is -0.918. The molecule has 0 unspecified atom stereocenters. The van der Waals surface area contributed by atoms with E-state index in [9.17, 15) is 5.11 Å². The molecule has 0 saturated carbocycles. The third-order valence-corrected chi connectivity index (χ3v) is 1.25. The first-order chi connectivity index (χ1) is 4.27. The van der Waals surface area contributed by atoms with Gasteiger partial charge in [0.05, 0.1) is 12.2 Å². The summed E-state index contributed by atoms with van der Waals surface area (Å²) in [6, 6.07) is 0. The quantitative estimate of drug-likeness (QED) is 0.614. The SMILES string of the molecule is CC(C)(C)C[C@@](C)(O)CO. The lowest BCUT2D eigenvalue weighted by molar-refractivity contribution is -0.0280. The lowest BCUT2D eigenvalue weighted by Gasteiger charge is -2.29. The van der Waals surface area contributed by atoms with E-state index < -0.39 is 5.60 Å². The zero-order valence-electron chi connectivity index (χ0n) is 7.31. The molecule has 2 N–H and O–H groups in total. The van der Waals surface area contributed by atoms with E-state index in [1.165, 1.54) is 0 Å². The maximum Gasteiger partial charge on any atom is 0.0854 e. The average Bonchev–Trinajstić information content (AvgIpc) is 1.60. The van der Waals surface area contributed by atoms with Crippen LogP contribution in [0.2, 0.25) is 0 Å². The number of rotatable bonds is 2. The van der Waals surface area contributed by atoms with Gasteiger partial charge >= 0.3 is 0 Å². The monoisotopic (exact) mass is 146 g/mol. The molecule has 0 aliphatic rings. The highest BCUT2D eigenvalue weighted by atomic mass is 16.3. The molecule has 0 heterocycles. The number of aliphatic hydroxyl groups is 2. The summed E-state index contributed by atoms with van der Waals surface area (Å²) >= 11 is 0. The second-order valence-corrected chi connectivity index (χ2v) is 4.39. The van der Waals surface area contributed by atoms with E-state index in [1.807, 2.05) is 20.8 Å². The highest BCUT2D eigenvalue weighted by Crippen LogP contribution is 2.26. The van der Waals surface area contributed by atoms with Crippen molar-refractivity contribution in [1.29, 1.82) is 0 Å². The topological polar surface area (TPSA) is 40.5 Å². The number of hydrogen-bond acceptors (Lipinski definition) is 2. The molecular weight excluding hydrogens is 128 g/mol. The molecular formula is C8H18O2. The molecule has 0 radical (unpaired) electrons. The van der Waals surface area contributed by atoms with E-state index in [1.54, 1.807) is 6.92 Å². The van der Waals surface area contributed by atoms with Crippen molar-refractivity contribution >= 4 is 0 Å². The van der Waals surface area contributed by atoms with Crippen molar-refractivity contribution < 1.29 is 10.2 Å². The first kappa shape index (κ1) is 9.92. The Bertz CT molecular complexity index is 100. The largest absolute Gasteiger partial charge is 0.393 e. The number of aliphatic hydroxyl groups excluding tert-OH is 1. The van der Waals surface area contributed by atoms with Crippen molar-refractivity contribution in [2.75, 3.05) is 6.61 Å². The molecule has 0 fully saturated rings. The molecule has 0 aliphatic heterocycles. The molecule has 0 spiro atoms. The molecule has 2 heteroatoms. The van der Waals surface area contributed by atoms with Gasteiger partial charge in [-0.05, 0) is 18.8 Å². The molecule has 10 heavy (non-hydrogen) atoms. The van der Waals surface area contributed by atoms with Gasteiger partial charge in [-0.3, -0.25) is 0 Å². The molecule has 0 aromatic rings. The molecule has 0 amide bonds. The van der Waals surface area contributed by atoms with Crippen LogP contribution in [0, 0.1) is 5.41 Å². The Labute approximate surface area is 62.9 Å². The van der Waals surface area contributed by atoms with Gasteiger partial charge in [-0.2, -0.15) is 0 Å². The predicted octanol–water partition coefficient (Wildman–Crippen LogP) is 1.17. The summed E-state index contributed by atoms with van der Waals surface area (Å²) in [5.74, 6) is 0. The second-order valence-electron chi connectivity index (χ2n) is 4.39. The molecule has 0 rings (SSSR count). The molecule has 1 atom stereocenters. The van der Waals surface area contributed by atoms with E-state index in [0.29, 0.717) is 6.42 Å². The Morgan fingerprint density at radius 1 is 1.10 bits per heavy atom. The Kier molecular flexibility index (Phi) is 2.86. The predicted molar refractivity (Wildman–Crippen MR) is 41.8 cm³/mol. The van der Waals surface area contributed by atoms with Crippen molar-refractivity contribution in [2.24, 2.45) is 5.41 Å². The van der Waals surface area contributed by atoms with Gasteiger partial charge in [0.1, 0.15) is 0 Å². The van der Waals surface area contributed by atoms with Gasteiger partial charge in [-0.1, -0.05) is 20.8 Å². The fourth-order valence-electron chi connectivity index (χ4n) is 1.20. The standard InChI is InChI=1S/C8H18O2/c1-7(2,3)5-8(4,10)6-9/h9-10H,5-6H2,1-4H3/t8-/m1/s1. The van der Waals surface area contributed by atoms with Crippen LogP contribution in [0.25, 0.3) is 0 Å². The van der Waals surface area contributed by atoms with Gasteiger partial charge in [0.2, 0.25) is 0 Å². The van der Waals surface area contributed by atoms with Crippen molar-refractivity contribution in [3.05, 3.63) is 0 Å². The van der Waals surface area contributed by atoms with Gasteiger partial charge in [0.25, 0.3) is 0 Å². The van der Waals surface area contributed by atoms with Crippen LogP contribution in [0.4, 0.5) is 0 Å². The Morgan fingerprint density at radius 3 is 1.60 bits per heavy atom. The Hall–Kier alpha value is -0.0800. The number of hydrogen-bond donors (Lipinski definition) is 2. The lowest BCUT2D eigenvalue weighted by Crippen LogP contribution is -2.33. The summed E-state index contributed by atoms with van der Waals surface area (Å²) in [7, 11) is 0. The lowest BCUT2D eigenvalue weighted by atomic mass is 9.83. The summed E-state index contributed by atoms with van der Waals surface area (Å²) in [5, 5.41) is 18.1. The van der Waals surface area contributed by atoms with Crippen molar-refractivity contribution in [2.45, 2.75) is 39.7 Å². The van der Waals surface area contributed by atoms with E-state index in [2.05, 4.69) is 0 Å². The van der Waals surface area contributed by atoms with E-state index in [-0.39, 0.29) is 12.0 Å². The summed E-state index contributed by atoms with van der Waals surface area (Å²) in [5.41, 5.74) is -0.843. The van der Waals surface area contributed by atoms with Crippen LogP contribution < -0.4 is 0 Å². The van der Waals surface area contributed by atoms with Crippen LogP contribution in [-0.4, -0.2) is 22.4 Å². The highest BCUT2D eigenvalue weighted by molar-refractivity contribution is 4.78. The molecule has 0 bridgehead atoms. The molecule has 0 saturated heterocycles. The molecule has 0 aromatic carbocycles. The summed E-state index contributed by atoms with van der Waals surface area (Å²) in [6.45, 7) is 7.61. The van der Waals surface area contributed by atoms with Crippen LogP contribution in [0.3, 0.4) is 0 Å². The van der Waals surface area contributed by atoms with E-state index in [0.717, 1.165) is 0 Å². The van der Waals surface area contributed by atoms with Crippen LogP contribution in [0.15, 0.2) is 0 Å². The van der Waals surface area contributed by atoms with Gasteiger partial charge in [-0.15, -0.1) is 0 Å². The maximum absolute atomic E-state index is 9.41. The molecule has 0 aliphatic carbocycles. The minimum Gasteiger partial charge on any atom is -0.393 e.